The number of rotatable bonds is 5. The Morgan fingerprint density at radius 3 is 2.86 bits per heavy atom. The maximum Gasteiger partial charge on any atom is 0.258 e. The molecule has 1 aromatic rings. The van der Waals surface area contributed by atoms with Crippen LogP contribution in [0.3, 0.4) is 0 Å². The first-order chi connectivity index (χ1) is 10.0. The molecule has 0 aromatic heterocycles. The second-order valence-corrected chi connectivity index (χ2v) is 5.73. The Balaban J connectivity index is 2.21. The minimum Gasteiger partial charge on any atom is -0.507 e. The number of aromatic hydroxyl groups is 1. The highest BCUT2D eigenvalue weighted by molar-refractivity contribution is 5.97. The molecular formula is C16H24N2O3. The lowest BCUT2D eigenvalue weighted by atomic mass is 10.1. The molecule has 1 aliphatic rings. The number of methoxy groups -OCH3 is 1. The fraction of sp³-hybridized carbons (Fsp3) is 0.562. The van der Waals surface area contributed by atoms with E-state index in [2.05, 4.69) is 5.32 Å². The number of ether oxygens (including phenoxy) is 1. The SMILES string of the molecule is COc1ccc(O)c(C(=O)N(CC2CCCN2)C(C)C)c1. The van der Waals surface area contributed by atoms with Crippen molar-refractivity contribution in [1.82, 2.24) is 10.2 Å². The number of benzene rings is 1. The third-order valence-corrected chi connectivity index (χ3v) is 3.90. The van der Waals surface area contributed by atoms with Gasteiger partial charge in [-0.2, -0.15) is 0 Å². The third-order valence-electron chi connectivity index (χ3n) is 3.90. The average Bonchev–Trinajstić information content (AvgIpc) is 2.97. The molecule has 21 heavy (non-hydrogen) atoms. The lowest BCUT2D eigenvalue weighted by Crippen LogP contribution is -2.44. The molecule has 116 valence electrons. The number of hydrogen-bond donors (Lipinski definition) is 2. The van der Waals surface area contributed by atoms with Gasteiger partial charge in [-0.3, -0.25) is 4.79 Å². The van der Waals surface area contributed by atoms with Gasteiger partial charge < -0.3 is 20.1 Å². The van der Waals surface area contributed by atoms with E-state index in [0.717, 1.165) is 19.4 Å². The van der Waals surface area contributed by atoms with E-state index in [9.17, 15) is 9.90 Å². The van der Waals surface area contributed by atoms with Crippen LogP contribution in [0.15, 0.2) is 18.2 Å². The molecule has 1 aliphatic heterocycles. The summed E-state index contributed by atoms with van der Waals surface area (Å²) in [4.78, 5) is 14.5. The summed E-state index contributed by atoms with van der Waals surface area (Å²) < 4.78 is 5.14. The summed E-state index contributed by atoms with van der Waals surface area (Å²) in [5, 5.41) is 13.4. The first-order valence-electron chi connectivity index (χ1n) is 7.44. The summed E-state index contributed by atoms with van der Waals surface area (Å²) in [7, 11) is 1.54. The average molecular weight is 292 g/mol. The van der Waals surface area contributed by atoms with E-state index in [-0.39, 0.29) is 17.7 Å². The molecule has 1 amide bonds. The quantitative estimate of drug-likeness (QED) is 0.871. The highest BCUT2D eigenvalue weighted by Gasteiger charge is 2.26. The van der Waals surface area contributed by atoms with Crippen molar-refractivity contribution in [3.05, 3.63) is 23.8 Å². The van der Waals surface area contributed by atoms with Crippen molar-refractivity contribution in [3.8, 4) is 11.5 Å². The number of nitrogens with zero attached hydrogens (tertiary/aromatic N) is 1. The lowest BCUT2D eigenvalue weighted by molar-refractivity contribution is 0.0685. The molecule has 1 fully saturated rings. The zero-order valence-corrected chi connectivity index (χ0v) is 12.9. The second kappa shape index (κ2) is 6.80. The molecule has 5 nitrogen and oxygen atoms in total. The topological polar surface area (TPSA) is 61.8 Å². The van der Waals surface area contributed by atoms with Crippen LogP contribution < -0.4 is 10.1 Å². The van der Waals surface area contributed by atoms with E-state index >= 15 is 0 Å². The molecule has 0 saturated carbocycles. The highest BCUT2D eigenvalue weighted by Crippen LogP contribution is 2.25. The maximum atomic E-state index is 12.7. The van der Waals surface area contributed by atoms with Crippen molar-refractivity contribution in [1.29, 1.82) is 0 Å². The van der Waals surface area contributed by atoms with Crippen LogP contribution in [-0.2, 0) is 0 Å². The van der Waals surface area contributed by atoms with E-state index in [1.807, 2.05) is 13.8 Å². The maximum absolute atomic E-state index is 12.7. The number of nitrogens with one attached hydrogen (secondary N) is 1. The van der Waals surface area contributed by atoms with Gasteiger partial charge in [-0.1, -0.05) is 0 Å². The third kappa shape index (κ3) is 3.67. The first kappa shape index (κ1) is 15.6. The van der Waals surface area contributed by atoms with Crippen LogP contribution in [0.4, 0.5) is 0 Å². The zero-order chi connectivity index (χ0) is 15.4. The summed E-state index contributed by atoms with van der Waals surface area (Å²) in [6, 6.07) is 5.15. The molecule has 0 aliphatic carbocycles. The van der Waals surface area contributed by atoms with Gasteiger partial charge in [0.15, 0.2) is 0 Å². The Kier molecular flexibility index (Phi) is 5.07. The predicted octanol–water partition coefficient (Wildman–Crippen LogP) is 2.00. The van der Waals surface area contributed by atoms with Gasteiger partial charge in [0.25, 0.3) is 5.91 Å². The molecule has 0 radical (unpaired) electrons. The van der Waals surface area contributed by atoms with Crippen molar-refractivity contribution in [2.75, 3.05) is 20.2 Å². The summed E-state index contributed by atoms with van der Waals surface area (Å²) in [6.45, 7) is 5.65. The number of phenols is 1. The van der Waals surface area contributed by atoms with E-state index < -0.39 is 0 Å². The van der Waals surface area contributed by atoms with Gasteiger partial charge >= 0.3 is 0 Å². The molecule has 0 bridgehead atoms. The van der Waals surface area contributed by atoms with Gasteiger partial charge in [0.1, 0.15) is 11.5 Å². The standard InChI is InChI=1S/C16H24N2O3/c1-11(2)18(10-12-5-4-8-17-12)16(20)14-9-13(21-3)6-7-15(14)19/h6-7,9,11-12,17,19H,4-5,8,10H2,1-3H3. The Bertz CT molecular complexity index is 496. The van der Waals surface area contributed by atoms with Gasteiger partial charge in [0.05, 0.1) is 12.7 Å². The van der Waals surface area contributed by atoms with Crippen LogP contribution in [0.5, 0.6) is 11.5 Å². The Hall–Kier alpha value is -1.75. The minimum absolute atomic E-state index is 0.00849. The van der Waals surface area contributed by atoms with Crippen molar-refractivity contribution in [3.63, 3.8) is 0 Å². The summed E-state index contributed by atoms with van der Waals surface area (Å²) in [5.74, 6) is 0.403. The van der Waals surface area contributed by atoms with Crippen LogP contribution in [0.1, 0.15) is 37.0 Å². The van der Waals surface area contributed by atoms with Crippen LogP contribution in [0.25, 0.3) is 0 Å². The molecular weight excluding hydrogens is 268 g/mol. The number of carbonyl (C=O) groups excluding carboxylic acids is 1. The largest absolute Gasteiger partial charge is 0.507 e. The van der Waals surface area contributed by atoms with E-state index in [1.165, 1.54) is 6.07 Å². The van der Waals surface area contributed by atoms with Crippen LogP contribution >= 0.6 is 0 Å². The van der Waals surface area contributed by atoms with E-state index in [1.54, 1.807) is 24.1 Å². The molecule has 0 spiro atoms. The lowest BCUT2D eigenvalue weighted by Gasteiger charge is -2.30. The molecule has 1 unspecified atom stereocenters. The van der Waals surface area contributed by atoms with Gasteiger partial charge in [0.2, 0.25) is 0 Å². The Morgan fingerprint density at radius 1 is 1.52 bits per heavy atom. The molecule has 1 aromatic carbocycles. The van der Waals surface area contributed by atoms with E-state index in [0.29, 0.717) is 23.9 Å². The van der Waals surface area contributed by atoms with Crippen LogP contribution in [-0.4, -0.2) is 48.2 Å². The predicted molar refractivity (Wildman–Crippen MR) is 81.9 cm³/mol. The fourth-order valence-electron chi connectivity index (χ4n) is 2.65. The minimum atomic E-state index is -0.157. The molecule has 1 heterocycles. The molecule has 1 atom stereocenters. The Labute approximate surface area is 125 Å². The van der Waals surface area contributed by atoms with Crippen molar-refractivity contribution >= 4 is 5.91 Å². The second-order valence-electron chi connectivity index (χ2n) is 5.73. The van der Waals surface area contributed by atoms with Gasteiger partial charge in [-0.25, -0.2) is 0 Å². The molecule has 5 heteroatoms. The van der Waals surface area contributed by atoms with Crippen LogP contribution in [0.2, 0.25) is 0 Å². The Morgan fingerprint density at radius 2 is 2.29 bits per heavy atom. The van der Waals surface area contributed by atoms with Gasteiger partial charge in [0, 0.05) is 18.6 Å². The number of hydrogen-bond acceptors (Lipinski definition) is 4. The molecule has 2 rings (SSSR count). The zero-order valence-electron chi connectivity index (χ0n) is 12.9. The van der Waals surface area contributed by atoms with Crippen molar-refractivity contribution < 1.29 is 14.6 Å². The first-order valence-corrected chi connectivity index (χ1v) is 7.44. The fourth-order valence-corrected chi connectivity index (χ4v) is 2.65. The van der Waals surface area contributed by atoms with Gasteiger partial charge in [-0.15, -0.1) is 0 Å². The van der Waals surface area contributed by atoms with Crippen LogP contribution in [0, 0.1) is 0 Å². The monoisotopic (exact) mass is 292 g/mol. The summed E-state index contributed by atoms with van der Waals surface area (Å²) in [5.41, 5.74) is 0.293. The normalized spacial score (nSPS) is 18.0. The van der Waals surface area contributed by atoms with Gasteiger partial charge in [-0.05, 0) is 51.4 Å². The van der Waals surface area contributed by atoms with Crippen molar-refractivity contribution in [2.24, 2.45) is 0 Å². The molecule has 1 saturated heterocycles. The van der Waals surface area contributed by atoms with E-state index in [4.69, 9.17) is 4.74 Å². The highest BCUT2D eigenvalue weighted by atomic mass is 16.5. The number of amides is 1. The number of carbonyl (C=O) groups is 1. The smallest absolute Gasteiger partial charge is 0.258 e. The summed E-state index contributed by atoms with van der Waals surface area (Å²) in [6.07, 6.45) is 2.23. The molecule has 2 N–H and O–H groups in total. The van der Waals surface area contributed by atoms with Crippen molar-refractivity contribution in [2.45, 2.75) is 38.8 Å². The number of phenolic OH excluding ortho intramolecular Hbond substituents is 1. The summed E-state index contributed by atoms with van der Waals surface area (Å²) >= 11 is 0.